The van der Waals surface area contributed by atoms with Gasteiger partial charge >= 0.3 is 0 Å². The molecule has 0 aliphatic carbocycles. The number of benzene rings is 2. The number of carbonyl (C=O) groups is 1. The summed E-state index contributed by atoms with van der Waals surface area (Å²) in [6.45, 7) is 5.94. The largest absolute Gasteiger partial charge is 0.369 e. The van der Waals surface area contributed by atoms with E-state index in [2.05, 4.69) is 50.1 Å². The molecule has 1 aliphatic heterocycles. The van der Waals surface area contributed by atoms with Crippen molar-refractivity contribution < 1.29 is 18.0 Å². The Morgan fingerprint density at radius 2 is 1.87 bits per heavy atom. The zero-order valence-corrected chi connectivity index (χ0v) is 17.5. The number of nitrogens with zero attached hydrogens (tertiary/aromatic N) is 2. The van der Waals surface area contributed by atoms with Crippen molar-refractivity contribution in [3.8, 4) is 0 Å². The Morgan fingerprint density at radius 3 is 2.58 bits per heavy atom. The van der Waals surface area contributed by atoms with Crippen LogP contribution in [0.15, 0.2) is 41.4 Å². The molecular weight excluding hydrogens is 407 g/mol. The van der Waals surface area contributed by atoms with Crippen molar-refractivity contribution in [2.75, 3.05) is 36.4 Å². The number of anilines is 2. The number of aliphatic imine (C=N–C) groups is 1. The quantitative estimate of drug-likeness (QED) is 0.372. The van der Waals surface area contributed by atoms with Crippen LogP contribution in [0.3, 0.4) is 0 Å². The summed E-state index contributed by atoms with van der Waals surface area (Å²) in [6.07, 6.45) is 0.907. The predicted molar refractivity (Wildman–Crippen MR) is 116 cm³/mol. The van der Waals surface area contributed by atoms with Gasteiger partial charge in [-0.1, -0.05) is 17.7 Å². The highest BCUT2D eigenvalue weighted by Gasteiger charge is 2.23. The molecule has 1 saturated heterocycles. The maximum absolute atomic E-state index is 13.7. The third-order valence-electron chi connectivity index (χ3n) is 4.96. The van der Waals surface area contributed by atoms with Crippen molar-refractivity contribution in [2.45, 2.75) is 26.3 Å². The molecule has 3 rings (SSSR count). The van der Waals surface area contributed by atoms with Gasteiger partial charge in [-0.2, -0.15) is 0 Å². The van der Waals surface area contributed by atoms with Crippen LogP contribution in [0, 0.1) is 24.4 Å². The van der Waals surface area contributed by atoms with Gasteiger partial charge in [-0.05, 0) is 44.5 Å². The van der Waals surface area contributed by atoms with Gasteiger partial charge in [0.1, 0.15) is 6.54 Å². The Hall–Kier alpha value is -3.23. The minimum atomic E-state index is -1.63. The molecule has 1 atom stereocenters. The van der Waals surface area contributed by atoms with E-state index < -0.39 is 29.0 Å². The highest BCUT2D eigenvalue weighted by molar-refractivity contribution is 5.94. The van der Waals surface area contributed by atoms with E-state index in [1.807, 2.05) is 13.8 Å². The van der Waals surface area contributed by atoms with Crippen LogP contribution in [0.4, 0.5) is 24.5 Å². The molecule has 6 nitrogen and oxygen atoms in total. The molecule has 166 valence electrons. The lowest BCUT2D eigenvalue weighted by Gasteiger charge is -2.20. The van der Waals surface area contributed by atoms with Crippen LogP contribution in [-0.4, -0.2) is 44.1 Å². The minimum Gasteiger partial charge on any atom is -0.369 e. The second kappa shape index (κ2) is 10.2. The van der Waals surface area contributed by atoms with Gasteiger partial charge < -0.3 is 20.9 Å². The van der Waals surface area contributed by atoms with Crippen molar-refractivity contribution in [3.05, 3.63) is 59.4 Å². The van der Waals surface area contributed by atoms with Crippen molar-refractivity contribution in [1.82, 2.24) is 10.6 Å². The first-order valence-corrected chi connectivity index (χ1v) is 10.2. The van der Waals surface area contributed by atoms with Gasteiger partial charge in [-0.15, -0.1) is 0 Å². The number of guanidine groups is 1. The fraction of sp³-hybridized carbons (Fsp3) is 0.364. The zero-order valence-electron chi connectivity index (χ0n) is 17.5. The standard InChI is InChI=1S/C22H26F3N5O/c1-3-26-22(27-12-19(31)29-18-9-8-17(23)20(24)21(18)25)28-15-10-11-30(13-15)16-6-4-14(2)5-7-16/h4-9,15H,3,10-13H2,1-2H3,(H,29,31)(H2,26,27,28). The van der Waals surface area contributed by atoms with Crippen LogP contribution in [0.2, 0.25) is 0 Å². The Bertz CT molecular complexity index is 949. The van der Waals surface area contributed by atoms with Crippen molar-refractivity contribution >= 4 is 23.2 Å². The molecule has 1 aliphatic rings. The molecule has 3 N–H and O–H groups in total. The summed E-state index contributed by atoms with van der Waals surface area (Å²) in [4.78, 5) is 18.6. The van der Waals surface area contributed by atoms with E-state index in [4.69, 9.17) is 0 Å². The third-order valence-corrected chi connectivity index (χ3v) is 4.96. The average molecular weight is 433 g/mol. The van der Waals surface area contributed by atoms with E-state index in [1.54, 1.807) is 0 Å². The molecule has 0 aromatic heterocycles. The molecular formula is C22H26F3N5O. The topological polar surface area (TPSA) is 68.8 Å². The number of amides is 1. The molecule has 1 amide bonds. The maximum atomic E-state index is 13.7. The van der Waals surface area contributed by atoms with Gasteiger partial charge in [-0.25, -0.2) is 18.2 Å². The second-order valence-electron chi connectivity index (χ2n) is 7.38. The fourth-order valence-corrected chi connectivity index (χ4v) is 3.34. The molecule has 1 heterocycles. The molecule has 31 heavy (non-hydrogen) atoms. The highest BCUT2D eigenvalue weighted by Crippen LogP contribution is 2.21. The molecule has 0 saturated carbocycles. The van der Waals surface area contributed by atoms with Gasteiger partial charge in [0, 0.05) is 31.4 Å². The van der Waals surface area contributed by atoms with Crippen LogP contribution in [-0.2, 0) is 4.79 Å². The monoisotopic (exact) mass is 433 g/mol. The predicted octanol–water partition coefficient (Wildman–Crippen LogP) is 3.18. The Morgan fingerprint density at radius 1 is 1.13 bits per heavy atom. The number of hydrogen-bond acceptors (Lipinski definition) is 3. The number of hydrogen-bond donors (Lipinski definition) is 3. The Labute approximate surface area is 179 Å². The SMILES string of the molecule is CCNC(=NCC(=O)Nc1ccc(F)c(F)c1F)NC1CCN(c2ccc(C)cc2)C1. The van der Waals surface area contributed by atoms with Gasteiger partial charge in [0.25, 0.3) is 0 Å². The lowest BCUT2D eigenvalue weighted by Crippen LogP contribution is -2.45. The summed E-state index contributed by atoms with van der Waals surface area (Å²) < 4.78 is 40.0. The highest BCUT2D eigenvalue weighted by atomic mass is 19.2. The molecule has 1 unspecified atom stereocenters. The first-order valence-electron chi connectivity index (χ1n) is 10.2. The molecule has 1 fully saturated rings. The zero-order chi connectivity index (χ0) is 22.4. The molecule has 0 spiro atoms. The summed E-state index contributed by atoms with van der Waals surface area (Å²) >= 11 is 0. The summed E-state index contributed by atoms with van der Waals surface area (Å²) in [5, 5.41) is 8.60. The van der Waals surface area contributed by atoms with Crippen molar-refractivity contribution in [3.63, 3.8) is 0 Å². The van der Waals surface area contributed by atoms with Crippen LogP contribution in [0.1, 0.15) is 18.9 Å². The number of rotatable bonds is 6. The average Bonchev–Trinajstić information content (AvgIpc) is 3.21. The van der Waals surface area contributed by atoms with E-state index in [9.17, 15) is 18.0 Å². The third kappa shape index (κ3) is 5.90. The lowest BCUT2D eigenvalue weighted by atomic mass is 10.2. The van der Waals surface area contributed by atoms with Gasteiger partial charge in [-0.3, -0.25) is 4.79 Å². The van der Waals surface area contributed by atoms with Crippen LogP contribution < -0.4 is 20.9 Å². The normalized spacial score (nSPS) is 16.4. The summed E-state index contributed by atoms with van der Waals surface area (Å²) in [7, 11) is 0. The van der Waals surface area contributed by atoms with E-state index in [-0.39, 0.29) is 12.6 Å². The van der Waals surface area contributed by atoms with E-state index in [1.165, 1.54) is 5.56 Å². The number of nitrogens with one attached hydrogen (secondary N) is 3. The smallest absolute Gasteiger partial charge is 0.246 e. The Kier molecular flexibility index (Phi) is 7.38. The maximum Gasteiger partial charge on any atom is 0.246 e. The lowest BCUT2D eigenvalue weighted by molar-refractivity contribution is -0.114. The summed E-state index contributed by atoms with van der Waals surface area (Å²) in [5.74, 6) is -4.57. The first kappa shape index (κ1) is 22.5. The molecule has 9 heteroatoms. The molecule has 2 aromatic rings. The Balaban J connectivity index is 1.57. The summed E-state index contributed by atoms with van der Waals surface area (Å²) in [6, 6.07) is 10.2. The van der Waals surface area contributed by atoms with Crippen LogP contribution >= 0.6 is 0 Å². The van der Waals surface area contributed by atoms with Crippen LogP contribution in [0.5, 0.6) is 0 Å². The minimum absolute atomic E-state index is 0.144. The van der Waals surface area contributed by atoms with E-state index in [0.29, 0.717) is 12.5 Å². The second-order valence-corrected chi connectivity index (χ2v) is 7.38. The van der Waals surface area contributed by atoms with Gasteiger partial charge in [0.2, 0.25) is 5.91 Å². The molecule has 0 bridgehead atoms. The van der Waals surface area contributed by atoms with Crippen LogP contribution in [0.25, 0.3) is 0 Å². The van der Waals surface area contributed by atoms with Gasteiger partial charge in [0.15, 0.2) is 23.4 Å². The first-order chi connectivity index (χ1) is 14.9. The van der Waals surface area contributed by atoms with Crippen molar-refractivity contribution in [1.29, 1.82) is 0 Å². The summed E-state index contributed by atoms with van der Waals surface area (Å²) in [5.41, 5.74) is 1.94. The fourth-order valence-electron chi connectivity index (χ4n) is 3.34. The molecule has 0 radical (unpaired) electrons. The number of aryl methyl sites for hydroxylation is 1. The number of carbonyl (C=O) groups excluding carboxylic acids is 1. The van der Waals surface area contributed by atoms with Crippen molar-refractivity contribution in [2.24, 2.45) is 4.99 Å². The van der Waals surface area contributed by atoms with E-state index >= 15 is 0 Å². The van der Waals surface area contributed by atoms with E-state index in [0.717, 1.165) is 37.3 Å². The number of halogens is 3. The van der Waals surface area contributed by atoms with Gasteiger partial charge in [0.05, 0.1) is 5.69 Å². The molecule has 2 aromatic carbocycles.